The third kappa shape index (κ3) is 6.25. The van der Waals surface area contributed by atoms with E-state index in [1.165, 1.54) is 18.0 Å². The lowest BCUT2D eigenvalue weighted by atomic mass is 9.97. The molecule has 1 atom stereocenters. The molecule has 2 aliphatic heterocycles. The quantitative estimate of drug-likeness (QED) is 0.220. The van der Waals surface area contributed by atoms with Crippen molar-refractivity contribution in [1.82, 2.24) is 29.5 Å². The van der Waals surface area contributed by atoms with E-state index in [4.69, 9.17) is 24.6 Å². The highest BCUT2D eigenvalue weighted by Crippen LogP contribution is 2.30. The number of benzene rings is 1. The molecule has 13 nitrogen and oxygen atoms in total. The number of piperazine rings is 1. The van der Waals surface area contributed by atoms with Gasteiger partial charge in [-0.1, -0.05) is 12.1 Å². The van der Waals surface area contributed by atoms with Gasteiger partial charge in [-0.3, -0.25) is 9.69 Å². The van der Waals surface area contributed by atoms with E-state index in [0.29, 0.717) is 48.7 Å². The number of aromatic nitrogens is 5. The van der Waals surface area contributed by atoms with Gasteiger partial charge in [0.2, 0.25) is 17.7 Å². The molecule has 13 heteroatoms. The van der Waals surface area contributed by atoms with Crippen LogP contribution in [0.2, 0.25) is 0 Å². The number of rotatable bonds is 10. The van der Waals surface area contributed by atoms with Crippen LogP contribution in [0.25, 0.3) is 17.4 Å². The Morgan fingerprint density at radius 1 is 1.05 bits per heavy atom. The molecule has 0 bridgehead atoms. The lowest BCUT2D eigenvalue weighted by Crippen LogP contribution is -2.50. The number of fused-ring (bicyclic) bond motifs is 1. The van der Waals surface area contributed by atoms with Gasteiger partial charge in [-0.2, -0.15) is 19.5 Å². The molecular formula is C29H37N9O4. The van der Waals surface area contributed by atoms with Gasteiger partial charge in [-0.05, 0) is 49.4 Å². The number of nitrogen functional groups attached to an aromatic ring is 1. The maximum absolute atomic E-state index is 11.4. The van der Waals surface area contributed by atoms with Crippen molar-refractivity contribution in [3.8, 4) is 17.3 Å². The number of hydrogen-bond acceptors (Lipinski definition) is 12. The van der Waals surface area contributed by atoms with Gasteiger partial charge in [0.15, 0.2) is 5.76 Å². The van der Waals surface area contributed by atoms with E-state index in [2.05, 4.69) is 35.8 Å². The smallest absolute Gasteiger partial charge is 0.305 e. The lowest BCUT2D eigenvalue weighted by molar-refractivity contribution is -0.140. The van der Waals surface area contributed by atoms with E-state index in [1.807, 2.05) is 18.2 Å². The number of hydrogen-bond donors (Lipinski definition) is 1. The normalized spacial score (nSPS) is 18.0. The predicted octanol–water partition coefficient (Wildman–Crippen LogP) is 2.73. The van der Waals surface area contributed by atoms with E-state index in [-0.39, 0.29) is 11.9 Å². The predicted molar refractivity (Wildman–Crippen MR) is 157 cm³/mol. The number of furan rings is 1. The van der Waals surface area contributed by atoms with Gasteiger partial charge in [-0.15, -0.1) is 5.10 Å². The second kappa shape index (κ2) is 12.6. The molecule has 0 aliphatic carbocycles. The monoisotopic (exact) mass is 575 g/mol. The average Bonchev–Trinajstić information content (AvgIpc) is 3.71. The summed E-state index contributed by atoms with van der Waals surface area (Å²) in [6, 6.07) is 11.7. The zero-order valence-corrected chi connectivity index (χ0v) is 23.9. The molecule has 0 unspecified atom stereocenters. The first-order valence-electron chi connectivity index (χ1n) is 14.5. The lowest BCUT2D eigenvalue weighted by Gasteiger charge is -2.40. The Morgan fingerprint density at radius 2 is 1.90 bits per heavy atom. The van der Waals surface area contributed by atoms with Crippen LogP contribution in [0.15, 0.2) is 47.1 Å². The highest BCUT2D eigenvalue weighted by Gasteiger charge is 2.27. The second-order valence-corrected chi connectivity index (χ2v) is 10.7. The van der Waals surface area contributed by atoms with Crippen molar-refractivity contribution >= 4 is 29.3 Å². The molecule has 5 heterocycles. The fourth-order valence-electron chi connectivity index (χ4n) is 5.72. The van der Waals surface area contributed by atoms with Crippen molar-refractivity contribution in [2.24, 2.45) is 5.92 Å². The number of methoxy groups -OCH3 is 1. The van der Waals surface area contributed by atoms with Crippen LogP contribution in [-0.4, -0.2) is 95.0 Å². The number of esters is 1. The minimum atomic E-state index is -0.211. The van der Waals surface area contributed by atoms with Crippen LogP contribution in [0.3, 0.4) is 0 Å². The van der Waals surface area contributed by atoms with E-state index < -0.39 is 0 Å². The molecule has 0 saturated carbocycles. The van der Waals surface area contributed by atoms with Crippen molar-refractivity contribution in [1.29, 1.82) is 0 Å². The van der Waals surface area contributed by atoms with Crippen LogP contribution in [-0.2, 0) is 9.53 Å². The fraction of sp³-hybridized carbons (Fsp3) is 0.483. The maximum Gasteiger partial charge on any atom is 0.305 e. The molecule has 0 amide bonds. The van der Waals surface area contributed by atoms with E-state index in [0.717, 1.165) is 63.7 Å². The van der Waals surface area contributed by atoms with Crippen molar-refractivity contribution < 1.29 is 18.7 Å². The molecule has 42 heavy (non-hydrogen) atoms. The van der Waals surface area contributed by atoms with Crippen LogP contribution >= 0.6 is 0 Å². The molecule has 222 valence electrons. The van der Waals surface area contributed by atoms with Gasteiger partial charge in [0.25, 0.3) is 5.78 Å². The molecule has 2 N–H and O–H groups in total. The summed E-state index contributed by atoms with van der Waals surface area (Å²) in [5, 5.41) is 4.40. The van der Waals surface area contributed by atoms with Crippen molar-refractivity contribution in [2.45, 2.75) is 25.7 Å². The number of para-hydroxylation sites is 2. The number of anilines is 3. The Kier molecular flexibility index (Phi) is 8.35. The van der Waals surface area contributed by atoms with Gasteiger partial charge >= 0.3 is 5.97 Å². The number of carbonyl (C=O) groups is 1. The average molecular weight is 576 g/mol. The summed E-state index contributed by atoms with van der Waals surface area (Å²) in [7, 11) is 1.41. The third-order valence-electron chi connectivity index (χ3n) is 7.87. The fourth-order valence-corrected chi connectivity index (χ4v) is 5.72. The number of nitrogens with two attached hydrogens (primary N) is 1. The Balaban J connectivity index is 1.03. The van der Waals surface area contributed by atoms with Crippen LogP contribution < -0.4 is 20.3 Å². The molecule has 4 aromatic rings. The Hall–Kier alpha value is -4.39. The van der Waals surface area contributed by atoms with Crippen LogP contribution in [0, 0.1) is 5.92 Å². The van der Waals surface area contributed by atoms with E-state index in [9.17, 15) is 4.79 Å². The summed E-state index contributed by atoms with van der Waals surface area (Å²) >= 11 is 0. The van der Waals surface area contributed by atoms with Crippen molar-refractivity contribution in [3.63, 3.8) is 0 Å². The topological polar surface area (TPSA) is 140 Å². The summed E-state index contributed by atoms with van der Waals surface area (Å²) in [6.07, 6.45) is 4.82. The van der Waals surface area contributed by atoms with Crippen LogP contribution in [0.5, 0.6) is 5.75 Å². The maximum atomic E-state index is 11.4. The van der Waals surface area contributed by atoms with E-state index >= 15 is 0 Å². The Labute approximate surface area is 244 Å². The highest BCUT2D eigenvalue weighted by molar-refractivity contribution is 5.69. The molecule has 2 saturated heterocycles. The van der Waals surface area contributed by atoms with Crippen LogP contribution in [0.4, 0.5) is 17.6 Å². The molecule has 0 spiro atoms. The number of nitrogens with zero attached hydrogens (tertiary/aromatic N) is 8. The van der Waals surface area contributed by atoms with Gasteiger partial charge in [-0.25, -0.2) is 0 Å². The largest absolute Gasteiger partial charge is 0.491 e. The second-order valence-electron chi connectivity index (χ2n) is 10.7. The number of carbonyl (C=O) groups excluding carboxylic acids is 1. The Bertz CT molecular complexity index is 1480. The summed E-state index contributed by atoms with van der Waals surface area (Å²) in [6.45, 7) is 7.10. The standard InChI is InChI=1S/C29H37N9O4/c1-40-25(39)11-6-18-41-23-9-3-2-8-22(23)36-15-13-35(14-16-36)19-21-7-4-12-37(20-21)28-32-27(30)38-29(33-28)31-26(34-38)24-10-5-17-42-24/h2-3,5,8-10,17,21H,4,6-7,11-16,18-20H2,1H3,(H2,30,31,32,33,34)/t21-/m0/s1. The summed E-state index contributed by atoms with van der Waals surface area (Å²) in [5.74, 6) is 3.41. The van der Waals surface area contributed by atoms with Crippen LogP contribution in [0.1, 0.15) is 25.7 Å². The summed E-state index contributed by atoms with van der Waals surface area (Å²) in [5.41, 5.74) is 7.35. The van der Waals surface area contributed by atoms with Gasteiger partial charge in [0.05, 0.1) is 25.7 Å². The molecule has 2 fully saturated rings. The Morgan fingerprint density at radius 3 is 2.71 bits per heavy atom. The molecular weight excluding hydrogens is 538 g/mol. The van der Waals surface area contributed by atoms with E-state index in [1.54, 1.807) is 18.4 Å². The molecule has 1 aromatic carbocycles. The van der Waals surface area contributed by atoms with Gasteiger partial charge in [0.1, 0.15) is 5.75 Å². The number of piperidine rings is 1. The minimum Gasteiger partial charge on any atom is -0.491 e. The summed E-state index contributed by atoms with van der Waals surface area (Å²) < 4.78 is 17.6. The first-order valence-corrected chi connectivity index (χ1v) is 14.5. The van der Waals surface area contributed by atoms with Gasteiger partial charge in [0, 0.05) is 52.2 Å². The zero-order valence-electron chi connectivity index (χ0n) is 23.9. The summed E-state index contributed by atoms with van der Waals surface area (Å²) in [4.78, 5) is 32.3. The highest BCUT2D eigenvalue weighted by atomic mass is 16.5. The van der Waals surface area contributed by atoms with Gasteiger partial charge < -0.3 is 29.4 Å². The number of ether oxygens (including phenoxy) is 2. The third-order valence-corrected chi connectivity index (χ3v) is 7.87. The zero-order chi connectivity index (χ0) is 28.9. The molecule has 6 rings (SSSR count). The minimum absolute atomic E-state index is 0.211. The van der Waals surface area contributed by atoms with Crippen molar-refractivity contribution in [2.75, 3.05) is 75.1 Å². The first kappa shape index (κ1) is 27.8. The molecule has 2 aliphatic rings. The first-order chi connectivity index (χ1) is 20.6. The SMILES string of the molecule is COC(=O)CCCOc1ccccc1N1CCN(C[C@@H]2CCCN(c3nc(N)n4nc(-c5ccco5)nc4n3)C2)CC1. The molecule has 0 radical (unpaired) electrons. The van der Waals surface area contributed by atoms with Crippen molar-refractivity contribution in [3.05, 3.63) is 42.7 Å². The molecule has 3 aromatic heterocycles.